The van der Waals surface area contributed by atoms with Gasteiger partial charge in [0.2, 0.25) is 0 Å². The summed E-state index contributed by atoms with van der Waals surface area (Å²) in [7, 11) is 0. The van der Waals surface area contributed by atoms with Crippen molar-refractivity contribution in [3.8, 4) is 11.8 Å². The quantitative estimate of drug-likeness (QED) is 0.667. The molecule has 2 nitrogen and oxygen atoms in total. The molecule has 0 saturated heterocycles. The Morgan fingerprint density at radius 2 is 1.77 bits per heavy atom. The molecule has 1 atom stereocenters. The van der Waals surface area contributed by atoms with Crippen molar-refractivity contribution in [2.75, 3.05) is 6.61 Å². The van der Waals surface area contributed by atoms with Crippen LogP contribution in [0.4, 0.5) is 0 Å². The minimum atomic E-state index is -0.185. The van der Waals surface area contributed by atoms with Gasteiger partial charge in [-0.15, -0.1) is 0 Å². The van der Waals surface area contributed by atoms with Gasteiger partial charge in [0.1, 0.15) is 5.75 Å². The summed E-state index contributed by atoms with van der Waals surface area (Å²) in [6.45, 7) is 4.70. The van der Waals surface area contributed by atoms with Crippen LogP contribution in [-0.4, -0.2) is 6.61 Å². The van der Waals surface area contributed by atoms with Crippen LogP contribution in [0.3, 0.4) is 0 Å². The van der Waals surface area contributed by atoms with E-state index in [1.165, 1.54) is 0 Å². The Bertz CT molecular complexity index is 655. The fraction of sp³-hybridized carbons (Fsp3) is 0.316. The van der Waals surface area contributed by atoms with E-state index in [4.69, 9.17) is 16.3 Å². The van der Waals surface area contributed by atoms with E-state index in [-0.39, 0.29) is 5.92 Å². The van der Waals surface area contributed by atoms with Gasteiger partial charge in [0.15, 0.2) is 0 Å². The molecule has 0 spiro atoms. The lowest BCUT2D eigenvalue weighted by Gasteiger charge is -2.14. The van der Waals surface area contributed by atoms with Gasteiger partial charge in [0, 0.05) is 5.02 Å². The molecule has 3 heteroatoms. The zero-order valence-electron chi connectivity index (χ0n) is 13.0. The van der Waals surface area contributed by atoms with Gasteiger partial charge in [0.25, 0.3) is 0 Å². The second-order valence-electron chi connectivity index (χ2n) is 5.41. The summed E-state index contributed by atoms with van der Waals surface area (Å²) < 4.78 is 5.89. The highest BCUT2D eigenvalue weighted by Crippen LogP contribution is 2.28. The maximum Gasteiger partial charge on any atom is 0.125 e. The zero-order valence-corrected chi connectivity index (χ0v) is 13.7. The van der Waals surface area contributed by atoms with Gasteiger partial charge in [0.05, 0.1) is 18.6 Å². The van der Waals surface area contributed by atoms with Crippen molar-refractivity contribution >= 4 is 11.6 Å². The molecule has 1 unspecified atom stereocenters. The highest BCUT2D eigenvalue weighted by Gasteiger charge is 2.13. The second-order valence-corrected chi connectivity index (χ2v) is 5.82. The van der Waals surface area contributed by atoms with Crippen molar-refractivity contribution in [2.45, 2.75) is 32.6 Å². The first-order chi connectivity index (χ1) is 10.6. The molecule has 0 saturated carbocycles. The molecular weight excluding hydrogens is 294 g/mol. The second kappa shape index (κ2) is 7.87. The van der Waals surface area contributed by atoms with Crippen molar-refractivity contribution in [1.82, 2.24) is 0 Å². The number of hydrogen-bond donors (Lipinski definition) is 0. The number of hydrogen-bond acceptors (Lipinski definition) is 2. The van der Waals surface area contributed by atoms with Crippen LogP contribution in [0.2, 0.25) is 5.02 Å². The summed E-state index contributed by atoms with van der Waals surface area (Å²) in [4.78, 5) is 0. The van der Waals surface area contributed by atoms with Gasteiger partial charge in [-0.25, -0.2) is 0 Å². The summed E-state index contributed by atoms with van der Waals surface area (Å²) in [6, 6.07) is 16.0. The highest BCUT2D eigenvalue weighted by atomic mass is 35.5. The Balaban J connectivity index is 1.91. The highest BCUT2D eigenvalue weighted by molar-refractivity contribution is 6.31. The summed E-state index contributed by atoms with van der Waals surface area (Å²) in [5.41, 5.74) is 3.18. The fourth-order valence-corrected chi connectivity index (χ4v) is 2.80. The van der Waals surface area contributed by atoms with E-state index in [9.17, 15) is 5.26 Å². The summed E-state index contributed by atoms with van der Waals surface area (Å²) in [5, 5.41) is 10.0. The third-order valence-corrected chi connectivity index (χ3v) is 4.07. The van der Waals surface area contributed by atoms with E-state index < -0.39 is 0 Å². The van der Waals surface area contributed by atoms with Crippen molar-refractivity contribution in [2.24, 2.45) is 0 Å². The monoisotopic (exact) mass is 313 g/mol. The fourth-order valence-electron chi connectivity index (χ4n) is 2.54. The number of aryl methyl sites for hydroxylation is 2. The van der Waals surface area contributed by atoms with E-state index in [1.807, 2.05) is 56.3 Å². The van der Waals surface area contributed by atoms with Crippen molar-refractivity contribution in [1.29, 1.82) is 5.26 Å². The van der Waals surface area contributed by atoms with Gasteiger partial charge in [-0.1, -0.05) is 48.0 Å². The number of halogens is 1. The summed E-state index contributed by atoms with van der Waals surface area (Å²) >= 11 is 6.17. The molecule has 0 N–H and O–H groups in total. The van der Waals surface area contributed by atoms with E-state index >= 15 is 0 Å². The molecule has 0 bridgehead atoms. The van der Waals surface area contributed by atoms with Crippen LogP contribution >= 0.6 is 11.6 Å². The zero-order chi connectivity index (χ0) is 15.9. The molecule has 0 fully saturated rings. The number of benzene rings is 2. The van der Waals surface area contributed by atoms with Gasteiger partial charge in [-0.2, -0.15) is 5.26 Å². The molecule has 0 aliphatic carbocycles. The topological polar surface area (TPSA) is 33.0 Å². The lowest BCUT2D eigenvalue weighted by Crippen LogP contribution is -2.04. The molecule has 2 aromatic carbocycles. The van der Waals surface area contributed by atoms with Gasteiger partial charge in [-0.05, 0) is 49.4 Å². The lowest BCUT2D eigenvalue weighted by molar-refractivity contribution is 0.301. The summed E-state index contributed by atoms with van der Waals surface area (Å²) in [6.07, 6.45) is 1.56. The van der Waals surface area contributed by atoms with Gasteiger partial charge in [-0.3, -0.25) is 0 Å². The molecule has 2 rings (SSSR count). The average molecular weight is 314 g/mol. The molecule has 0 aliphatic heterocycles. The van der Waals surface area contributed by atoms with E-state index in [0.717, 1.165) is 35.3 Å². The van der Waals surface area contributed by atoms with Gasteiger partial charge < -0.3 is 4.74 Å². The minimum absolute atomic E-state index is 0.185. The van der Waals surface area contributed by atoms with Crippen LogP contribution in [0.25, 0.3) is 0 Å². The third kappa shape index (κ3) is 4.02. The van der Waals surface area contributed by atoms with Crippen LogP contribution in [0.15, 0.2) is 42.5 Å². The molecule has 2 aromatic rings. The average Bonchev–Trinajstić information content (AvgIpc) is 2.51. The van der Waals surface area contributed by atoms with Crippen molar-refractivity contribution in [3.05, 3.63) is 64.2 Å². The van der Waals surface area contributed by atoms with Crippen LogP contribution in [0, 0.1) is 25.2 Å². The minimum Gasteiger partial charge on any atom is -0.493 e. The normalized spacial score (nSPS) is 11.7. The maximum absolute atomic E-state index is 9.36. The number of nitriles is 1. The largest absolute Gasteiger partial charge is 0.493 e. The first-order valence-corrected chi connectivity index (χ1v) is 7.84. The van der Waals surface area contributed by atoms with Crippen molar-refractivity contribution in [3.63, 3.8) is 0 Å². The molecule has 0 heterocycles. The molecule has 22 heavy (non-hydrogen) atoms. The predicted molar refractivity (Wildman–Crippen MR) is 90.5 cm³/mol. The first-order valence-electron chi connectivity index (χ1n) is 7.46. The number of nitrogens with zero attached hydrogens (tertiary/aromatic N) is 1. The van der Waals surface area contributed by atoms with Crippen LogP contribution < -0.4 is 4.74 Å². The molecule has 114 valence electrons. The Kier molecular flexibility index (Phi) is 5.86. The molecule has 0 aromatic heterocycles. The Labute approximate surface area is 137 Å². The number of rotatable bonds is 6. The van der Waals surface area contributed by atoms with E-state index in [1.54, 1.807) is 0 Å². The van der Waals surface area contributed by atoms with E-state index in [2.05, 4.69) is 6.07 Å². The Morgan fingerprint density at radius 3 is 2.41 bits per heavy atom. The lowest BCUT2D eigenvalue weighted by atomic mass is 9.96. The maximum atomic E-state index is 9.36. The third-order valence-electron chi connectivity index (χ3n) is 3.73. The van der Waals surface area contributed by atoms with Crippen LogP contribution in [0.1, 0.15) is 35.4 Å². The van der Waals surface area contributed by atoms with Crippen LogP contribution in [0.5, 0.6) is 5.75 Å². The first kappa shape index (κ1) is 16.4. The standard InChI is InChI=1S/C19H20ClNO/c1-14-7-5-8-15(2)19(14)22-12-6-9-16(13-21)17-10-3-4-11-18(17)20/h3-5,7-8,10-11,16H,6,9,12H2,1-2H3. The molecule has 0 aliphatic rings. The number of ether oxygens (including phenoxy) is 1. The Hall–Kier alpha value is -1.98. The van der Waals surface area contributed by atoms with Crippen LogP contribution in [-0.2, 0) is 0 Å². The SMILES string of the molecule is Cc1cccc(C)c1OCCCC(C#N)c1ccccc1Cl. The van der Waals surface area contributed by atoms with Crippen molar-refractivity contribution < 1.29 is 4.74 Å². The van der Waals surface area contributed by atoms with E-state index in [0.29, 0.717) is 11.6 Å². The smallest absolute Gasteiger partial charge is 0.125 e. The molecule has 0 amide bonds. The van der Waals surface area contributed by atoms with Gasteiger partial charge >= 0.3 is 0 Å². The Morgan fingerprint density at radius 1 is 1.09 bits per heavy atom. The summed E-state index contributed by atoms with van der Waals surface area (Å²) in [5.74, 6) is 0.768. The molecular formula is C19H20ClNO. The predicted octanol–water partition coefficient (Wildman–Crippen LogP) is 5.42. The molecule has 0 radical (unpaired) electrons. The number of para-hydroxylation sites is 1.